The Labute approximate surface area is 130 Å². The first-order chi connectivity index (χ1) is 10.5. The predicted molar refractivity (Wildman–Crippen MR) is 82.6 cm³/mol. The fourth-order valence-electron chi connectivity index (χ4n) is 2.21. The van der Waals surface area contributed by atoms with Crippen molar-refractivity contribution in [1.82, 2.24) is 14.8 Å². The van der Waals surface area contributed by atoms with E-state index in [1.54, 1.807) is 17.8 Å². The minimum atomic E-state index is -0.534. The molecule has 0 bridgehead atoms. The van der Waals surface area contributed by atoms with Crippen molar-refractivity contribution in [2.75, 3.05) is 5.32 Å². The van der Waals surface area contributed by atoms with Crippen LogP contribution in [0.1, 0.15) is 16.1 Å². The Morgan fingerprint density at radius 3 is 2.86 bits per heavy atom. The van der Waals surface area contributed by atoms with Crippen molar-refractivity contribution in [3.8, 4) is 0 Å². The molecule has 0 aliphatic heterocycles. The van der Waals surface area contributed by atoms with Gasteiger partial charge < -0.3 is 5.32 Å². The van der Waals surface area contributed by atoms with Crippen molar-refractivity contribution >= 4 is 34.2 Å². The highest BCUT2D eigenvalue weighted by Gasteiger charge is 2.12. The molecule has 0 spiro atoms. The van der Waals surface area contributed by atoms with E-state index in [1.165, 1.54) is 24.4 Å². The third-order valence-corrected chi connectivity index (χ3v) is 3.59. The second-order valence-electron chi connectivity index (χ2n) is 4.89. The molecule has 0 saturated heterocycles. The summed E-state index contributed by atoms with van der Waals surface area (Å²) < 4.78 is 14.8. The van der Waals surface area contributed by atoms with Crippen LogP contribution < -0.4 is 5.32 Å². The van der Waals surface area contributed by atoms with E-state index in [4.69, 9.17) is 11.6 Å². The minimum absolute atomic E-state index is 0.0468. The summed E-state index contributed by atoms with van der Waals surface area (Å²) in [5, 5.41) is 7.68. The summed E-state index contributed by atoms with van der Waals surface area (Å²) >= 11 is 5.70. The number of nitrogens with one attached hydrogen (secondary N) is 1. The highest BCUT2D eigenvalue weighted by molar-refractivity contribution is 6.31. The van der Waals surface area contributed by atoms with Crippen LogP contribution in [-0.2, 0) is 7.05 Å². The number of hydrogen-bond acceptors (Lipinski definition) is 3. The molecule has 2 aromatic heterocycles. The van der Waals surface area contributed by atoms with Gasteiger partial charge in [-0.25, -0.2) is 9.37 Å². The molecular formula is C15H12ClFN4O. The fourth-order valence-corrected chi connectivity index (χ4v) is 2.39. The highest BCUT2D eigenvalue weighted by Crippen LogP contribution is 2.21. The highest BCUT2D eigenvalue weighted by atomic mass is 35.5. The molecule has 1 amide bonds. The SMILES string of the molecule is Cc1nn(C)c2ncc(C(=O)Nc3ccc(F)c(Cl)c3)cc12. The van der Waals surface area contributed by atoms with Crippen LogP contribution >= 0.6 is 11.6 Å². The average Bonchev–Trinajstić information content (AvgIpc) is 2.77. The summed E-state index contributed by atoms with van der Waals surface area (Å²) in [5.74, 6) is -0.880. The van der Waals surface area contributed by atoms with Crippen molar-refractivity contribution in [2.45, 2.75) is 6.92 Å². The van der Waals surface area contributed by atoms with E-state index in [1.807, 2.05) is 6.92 Å². The van der Waals surface area contributed by atoms with Crippen LogP contribution in [0.4, 0.5) is 10.1 Å². The molecule has 3 rings (SSSR count). The van der Waals surface area contributed by atoms with Crippen LogP contribution in [0.3, 0.4) is 0 Å². The number of aryl methyl sites for hydroxylation is 2. The topological polar surface area (TPSA) is 59.8 Å². The van der Waals surface area contributed by atoms with Gasteiger partial charge in [-0.3, -0.25) is 9.48 Å². The van der Waals surface area contributed by atoms with E-state index in [0.717, 1.165) is 11.1 Å². The Kier molecular flexibility index (Phi) is 3.54. The molecule has 5 nitrogen and oxygen atoms in total. The molecule has 2 heterocycles. The third-order valence-electron chi connectivity index (χ3n) is 3.30. The number of aromatic nitrogens is 3. The normalized spacial score (nSPS) is 10.9. The van der Waals surface area contributed by atoms with E-state index in [-0.39, 0.29) is 10.9 Å². The van der Waals surface area contributed by atoms with Crippen LogP contribution in [0.5, 0.6) is 0 Å². The van der Waals surface area contributed by atoms with Gasteiger partial charge >= 0.3 is 0 Å². The molecule has 0 fully saturated rings. The number of carbonyl (C=O) groups is 1. The number of rotatable bonds is 2. The lowest BCUT2D eigenvalue weighted by Crippen LogP contribution is -2.12. The molecule has 1 aromatic carbocycles. The number of carbonyl (C=O) groups excluding carboxylic acids is 1. The van der Waals surface area contributed by atoms with E-state index >= 15 is 0 Å². The lowest BCUT2D eigenvalue weighted by molar-refractivity contribution is 0.102. The van der Waals surface area contributed by atoms with Gasteiger partial charge in [0.05, 0.1) is 16.3 Å². The largest absolute Gasteiger partial charge is 0.322 e. The Morgan fingerprint density at radius 1 is 1.36 bits per heavy atom. The zero-order valence-corrected chi connectivity index (χ0v) is 12.6. The molecular weight excluding hydrogens is 307 g/mol. The predicted octanol–water partition coefficient (Wildman–Crippen LogP) is 3.32. The van der Waals surface area contributed by atoms with Gasteiger partial charge in [0.1, 0.15) is 5.82 Å². The van der Waals surface area contributed by atoms with E-state index in [0.29, 0.717) is 16.9 Å². The summed E-state index contributed by atoms with van der Waals surface area (Å²) in [7, 11) is 1.79. The van der Waals surface area contributed by atoms with E-state index in [9.17, 15) is 9.18 Å². The van der Waals surface area contributed by atoms with Crippen molar-refractivity contribution in [2.24, 2.45) is 7.05 Å². The van der Waals surface area contributed by atoms with Crippen LogP contribution in [0.2, 0.25) is 5.02 Å². The molecule has 1 N–H and O–H groups in total. The maximum absolute atomic E-state index is 13.1. The zero-order chi connectivity index (χ0) is 15.9. The molecule has 112 valence electrons. The maximum atomic E-state index is 13.1. The van der Waals surface area contributed by atoms with Gasteiger partial charge in [0.15, 0.2) is 5.65 Å². The molecule has 0 unspecified atom stereocenters. The van der Waals surface area contributed by atoms with Crippen LogP contribution in [0.25, 0.3) is 11.0 Å². The van der Waals surface area contributed by atoms with Crippen molar-refractivity contribution in [3.05, 3.63) is 52.6 Å². The molecule has 22 heavy (non-hydrogen) atoms. The maximum Gasteiger partial charge on any atom is 0.257 e. The van der Waals surface area contributed by atoms with Crippen LogP contribution in [0, 0.1) is 12.7 Å². The Bertz CT molecular complexity index is 891. The molecule has 7 heteroatoms. The summed E-state index contributed by atoms with van der Waals surface area (Å²) in [6.45, 7) is 1.85. The van der Waals surface area contributed by atoms with Gasteiger partial charge in [-0.2, -0.15) is 5.10 Å². The smallest absolute Gasteiger partial charge is 0.257 e. The summed E-state index contributed by atoms with van der Waals surface area (Å²) in [5.41, 5.74) is 2.31. The second-order valence-corrected chi connectivity index (χ2v) is 5.29. The molecule has 0 atom stereocenters. The van der Waals surface area contributed by atoms with Crippen molar-refractivity contribution in [3.63, 3.8) is 0 Å². The first-order valence-electron chi connectivity index (χ1n) is 6.51. The number of pyridine rings is 1. The number of halogens is 2. The number of anilines is 1. The molecule has 0 aliphatic rings. The number of fused-ring (bicyclic) bond motifs is 1. The Balaban J connectivity index is 1.91. The lowest BCUT2D eigenvalue weighted by atomic mass is 10.2. The van der Waals surface area contributed by atoms with E-state index < -0.39 is 5.82 Å². The quantitative estimate of drug-likeness (QED) is 0.788. The minimum Gasteiger partial charge on any atom is -0.322 e. The fraction of sp³-hybridized carbons (Fsp3) is 0.133. The standard InChI is InChI=1S/C15H12ClFN4O/c1-8-11-5-9(7-18-14(11)21(2)20-8)15(22)19-10-3-4-13(17)12(16)6-10/h3-7H,1-2H3,(H,19,22). The van der Waals surface area contributed by atoms with Gasteiger partial charge in [-0.1, -0.05) is 11.6 Å². The van der Waals surface area contributed by atoms with Crippen LogP contribution in [-0.4, -0.2) is 20.7 Å². The van der Waals surface area contributed by atoms with Gasteiger partial charge in [0, 0.05) is 24.3 Å². The van der Waals surface area contributed by atoms with Gasteiger partial charge in [0.2, 0.25) is 0 Å². The zero-order valence-electron chi connectivity index (χ0n) is 11.9. The first-order valence-corrected chi connectivity index (χ1v) is 6.89. The Morgan fingerprint density at radius 2 is 2.14 bits per heavy atom. The van der Waals surface area contributed by atoms with Gasteiger partial charge in [-0.15, -0.1) is 0 Å². The van der Waals surface area contributed by atoms with E-state index in [2.05, 4.69) is 15.4 Å². The summed E-state index contributed by atoms with van der Waals surface area (Å²) in [6, 6.07) is 5.73. The summed E-state index contributed by atoms with van der Waals surface area (Å²) in [6.07, 6.45) is 1.48. The van der Waals surface area contributed by atoms with Crippen molar-refractivity contribution < 1.29 is 9.18 Å². The number of hydrogen-bond donors (Lipinski definition) is 1. The number of amides is 1. The third kappa shape index (κ3) is 2.53. The average molecular weight is 319 g/mol. The first kappa shape index (κ1) is 14.5. The summed E-state index contributed by atoms with van der Waals surface area (Å²) in [4.78, 5) is 16.5. The lowest BCUT2D eigenvalue weighted by Gasteiger charge is -2.06. The molecule has 0 saturated carbocycles. The molecule has 0 aliphatic carbocycles. The monoisotopic (exact) mass is 318 g/mol. The van der Waals surface area contributed by atoms with Crippen molar-refractivity contribution in [1.29, 1.82) is 0 Å². The van der Waals surface area contributed by atoms with Crippen LogP contribution in [0.15, 0.2) is 30.5 Å². The Hall–Kier alpha value is -2.47. The van der Waals surface area contributed by atoms with Gasteiger partial charge in [0.25, 0.3) is 5.91 Å². The molecule has 0 radical (unpaired) electrons. The second kappa shape index (κ2) is 5.38. The number of nitrogens with zero attached hydrogens (tertiary/aromatic N) is 3. The molecule has 3 aromatic rings. The van der Waals surface area contributed by atoms with Gasteiger partial charge in [-0.05, 0) is 31.2 Å². The number of benzene rings is 1.